The molecule has 0 radical (unpaired) electrons. The van der Waals surface area contributed by atoms with Crippen LogP contribution in [0, 0.1) is 6.92 Å². The van der Waals surface area contributed by atoms with Crippen LogP contribution in [-0.4, -0.2) is 12.2 Å². The van der Waals surface area contributed by atoms with Crippen molar-refractivity contribution in [2.24, 2.45) is 0 Å². The smallest absolute Gasteiger partial charge is 0.138 e. The van der Waals surface area contributed by atoms with Crippen LogP contribution in [0.5, 0.6) is 5.75 Å². The number of aliphatic hydroxyl groups is 1. The Kier molecular flexibility index (Phi) is 4.17. The average Bonchev–Trinajstić information content (AvgIpc) is 2.77. The predicted octanol–water partition coefficient (Wildman–Crippen LogP) is 4.45. The maximum absolute atomic E-state index is 10.4. The van der Waals surface area contributed by atoms with E-state index in [9.17, 15) is 5.11 Å². The molecule has 2 nitrogen and oxygen atoms in total. The van der Waals surface area contributed by atoms with E-state index in [1.165, 1.54) is 7.11 Å². The van der Waals surface area contributed by atoms with E-state index >= 15 is 0 Å². The highest BCUT2D eigenvalue weighted by molar-refractivity contribution is 7.08. The maximum atomic E-state index is 10.4. The van der Waals surface area contributed by atoms with Crippen molar-refractivity contribution in [2.45, 2.75) is 13.0 Å². The van der Waals surface area contributed by atoms with Gasteiger partial charge < -0.3 is 9.84 Å². The fourth-order valence-corrected chi connectivity index (χ4v) is 3.10. The first-order valence-electron chi connectivity index (χ1n) is 5.28. The molecule has 0 amide bonds. The van der Waals surface area contributed by atoms with E-state index in [4.69, 9.17) is 27.9 Å². The molecule has 2 aromatic rings. The zero-order valence-corrected chi connectivity index (χ0v) is 12.2. The van der Waals surface area contributed by atoms with Gasteiger partial charge >= 0.3 is 0 Å². The molecule has 5 heteroatoms. The van der Waals surface area contributed by atoms with Crippen molar-refractivity contribution in [2.75, 3.05) is 7.11 Å². The van der Waals surface area contributed by atoms with Gasteiger partial charge in [0, 0.05) is 11.6 Å². The standard InChI is InChI=1S/C13H12Cl2O2S/c1-7-5-18-6-9(7)13(16)8-3-11(15)12(17-2)4-10(8)14/h3-6,13,16H,1-2H3. The summed E-state index contributed by atoms with van der Waals surface area (Å²) in [5.74, 6) is 0.500. The molecule has 0 fully saturated rings. The molecule has 1 unspecified atom stereocenters. The molecule has 96 valence electrons. The van der Waals surface area contributed by atoms with Gasteiger partial charge in [-0.25, -0.2) is 0 Å². The Morgan fingerprint density at radius 2 is 1.89 bits per heavy atom. The zero-order valence-electron chi connectivity index (χ0n) is 9.91. The number of methoxy groups -OCH3 is 1. The topological polar surface area (TPSA) is 29.5 Å². The van der Waals surface area contributed by atoms with Crippen molar-refractivity contribution < 1.29 is 9.84 Å². The van der Waals surface area contributed by atoms with Crippen LogP contribution in [-0.2, 0) is 0 Å². The van der Waals surface area contributed by atoms with Crippen LogP contribution in [0.15, 0.2) is 22.9 Å². The van der Waals surface area contributed by atoms with Crippen LogP contribution < -0.4 is 4.74 Å². The van der Waals surface area contributed by atoms with Gasteiger partial charge in [-0.15, -0.1) is 0 Å². The Morgan fingerprint density at radius 3 is 2.44 bits per heavy atom. The molecule has 1 N–H and O–H groups in total. The third kappa shape index (κ3) is 2.50. The third-order valence-electron chi connectivity index (χ3n) is 2.76. The summed E-state index contributed by atoms with van der Waals surface area (Å²) in [6.07, 6.45) is -0.771. The molecule has 0 aliphatic carbocycles. The summed E-state index contributed by atoms with van der Waals surface area (Å²) in [6.45, 7) is 1.95. The van der Waals surface area contributed by atoms with E-state index in [1.807, 2.05) is 17.7 Å². The predicted molar refractivity (Wildman–Crippen MR) is 76.1 cm³/mol. The first-order valence-corrected chi connectivity index (χ1v) is 6.98. The van der Waals surface area contributed by atoms with Crippen molar-refractivity contribution in [3.05, 3.63) is 49.6 Å². The molecule has 0 aliphatic rings. The highest BCUT2D eigenvalue weighted by Gasteiger charge is 2.18. The molecule has 0 spiro atoms. The van der Waals surface area contributed by atoms with Crippen LogP contribution in [0.3, 0.4) is 0 Å². The number of hydrogen-bond donors (Lipinski definition) is 1. The first-order chi connectivity index (χ1) is 8.54. The second kappa shape index (κ2) is 5.49. The Labute approximate surface area is 120 Å². The van der Waals surface area contributed by atoms with Crippen LogP contribution in [0.1, 0.15) is 22.8 Å². The molecule has 18 heavy (non-hydrogen) atoms. The van der Waals surface area contributed by atoms with E-state index in [2.05, 4.69) is 0 Å². The lowest BCUT2D eigenvalue weighted by Gasteiger charge is -2.15. The molecule has 2 rings (SSSR count). The van der Waals surface area contributed by atoms with Gasteiger partial charge in [0.15, 0.2) is 0 Å². The van der Waals surface area contributed by atoms with E-state index in [-0.39, 0.29) is 0 Å². The summed E-state index contributed by atoms with van der Waals surface area (Å²) in [6, 6.07) is 3.26. The summed E-state index contributed by atoms with van der Waals surface area (Å²) in [4.78, 5) is 0. The number of aliphatic hydroxyl groups excluding tert-OH is 1. The Bertz CT molecular complexity index is 566. The van der Waals surface area contributed by atoms with E-state index in [1.54, 1.807) is 23.5 Å². The Hall–Kier alpha value is -0.740. The highest BCUT2D eigenvalue weighted by Crippen LogP contribution is 2.37. The number of halogens is 2. The van der Waals surface area contributed by atoms with Gasteiger partial charge in [0.1, 0.15) is 11.9 Å². The van der Waals surface area contributed by atoms with Crippen LogP contribution in [0.4, 0.5) is 0 Å². The van der Waals surface area contributed by atoms with E-state index in [0.29, 0.717) is 21.4 Å². The normalized spacial score (nSPS) is 12.5. The molecule has 0 aliphatic heterocycles. The summed E-state index contributed by atoms with van der Waals surface area (Å²) in [5.41, 5.74) is 2.47. The van der Waals surface area contributed by atoms with Crippen LogP contribution >= 0.6 is 34.5 Å². The second-order valence-corrected chi connectivity index (χ2v) is 5.48. The van der Waals surface area contributed by atoms with Crippen molar-refractivity contribution in [1.82, 2.24) is 0 Å². The number of benzene rings is 1. The largest absolute Gasteiger partial charge is 0.495 e. The second-order valence-electron chi connectivity index (χ2n) is 3.92. The molecular formula is C13H12Cl2O2S. The van der Waals surface area contributed by atoms with Crippen molar-refractivity contribution in [3.8, 4) is 5.75 Å². The third-order valence-corrected chi connectivity index (χ3v) is 4.26. The van der Waals surface area contributed by atoms with E-state index < -0.39 is 6.10 Å². The van der Waals surface area contributed by atoms with Gasteiger partial charge in [0.05, 0.1) is 17.2 Å². The summed E-state index contributed by atoms with van der Waals surface area (Å²) in [5, 5.41) is 15.1. The highest BCUT2D eigenvalue weighted by atomic mass is 35.5. The molecule has 0 bridgehead atoms. The van der Waals surface area contributed by atoms with Crippen LogP contribution in [0.25, 0.3) is 0 Å². The lowest BCUT2D eigenvalue weighted by Crippen LogP contribution is -2.01. The van der Waals surface area contributed by atoms with Crippen molar-refractivity contribution in [3.63, 3.8) is 0 Å². The summed E-state index contributed by atoms with van der Waals surface area (Å²) in [7, 11) is 1.52. The number of ether oxygens (including phenoxy) is 1. The first kappa shape index (κ1) is 13.7. The van der Waals surface area contributed by atoms with Crippen molar-refractivity contribution >= 4 is 34.5 Å². The summed E-state index contributed by atoms with van der Waals surface area (Å²) >= 11 is 13.7. The van der Waals surface area contributed by atoms with Gasteiger partial charge in [-0.2, -0.15) is 11.3 Å². The lowest BCUT2D eigenvalue weighted by molar-refractivity contribution is 0.220. The molecule has 1 heterocycles. The fourth-order valence-electron chi connectivity index (χ4n) is 1.73. The van der Waals surface area contributed by atoms with E-state index in [0.717, 1.165) is 11.1 Å². The number of hydrogen-bond acceptors (Lipinski definition) is 3. The van der Waals surface area contributed by atoms with Gasteiger partial charge in [-0.1, -0.05) is 23.2 Å². The molecule has 0 saturated heterocycles. The Morgan fingerprint density at radius 1 is 1.17 bits per heavy atom. The lowest BCUT2D eigenvalue weighted by atomic mass is 10.0. The van der Waals surface area contributed by atoms with Gasteiger partial charge in [-0.3, -0.25) is 0 Å². The maximum Gasteiger partial charge on any atom is 0.138 e. The van der Waals surface area contributed by atoms with Crippen LogP contribution in [0.2, 0.25) is 10.0 Å². The number of aryl methyl sites for hydroxylation is 1. The van der Waals surface area contributed by atoms with Gasteiger partial charge in [-0.05, 0) is 34.9 Å². The molecule has 1 atom stereocenters. The zero-order chi connectivity index (χ0) is 13.3. The van der Waals surface area contributed by atoms with Gasteiger partial charge in [0.25, 0.3) is 0 Å². The van der Waals surface area contributed by atoms with Crippen molar-refractivity contribution in [1.29, 1.82) is 0 Å². The molecule has 1 aromatic heterocycles. The fraction of sp³-hybridized carbons (Fsp3) is 0.231. The SMILES string of the molecule is COc1cc(Cl)c(C(O)c2cscc2C)cc1Cl. The minimum Gasteiger partial charge on any atom is -0.495 e. The molecule has 1 aromatic carbocycles. The molecular weight excluding hydrogens is 291 g/mol. The number of thiophene rings is 1. The average molecular weight is 303 g/mol. The Balaban J connectivity index is 2.46. The number of rotatable bonds is 3. The minimum atomic E-state index is -0.771. The minimum absolute atomic E-state index is 0.434. The monoisotopic (exact) mass is 302 g/mol. The summed E-state index contributed by atoms with van der Waals surface area (Å²) < 4.78 is 5.08. The van der Waals surface area contributed by atoms with Gasteiger partial charge in [0.2, 0.25) is 0 Å². The quantitative estimate of drug-likeness (QED) is 0.907. The molecule has 0 saturated carbocycles.